The number of rotatable bonds is 7. The van der Waals surface area contributed by atoms with Gasteiger partial charge in [-0.2, -0.15) is 0 Å². The number of halogens is 1. The summed E-state index contributed by atoms with van der Waals surface area (Å²) < 4.78 is 16.5. The van der Waals surface area contributed by atoms with Crippen LogP contribution in [0.5, 0.6) is 11.5 Å². The van der Waals surface area contributed by atoms with Crippen molar-refractivity contribution in [2.24, 2.45) is 0 Å². The fraction of sp³-hybridized carbons (Fsp3) is 0.190. The smallest absolute Gasteiger partial charge is 0.343 e. The Bertz CT molecular complexity index is 1160. The summed E-state index contributed by atoms with van der Waals surface area (Å²) in [6.07, 6.45) is 1.49. The summed E-state index contributed by atoms with van der Waals surface area (Å²) in [4.78, 5) is 36.6. The Labute approximate surface area is 176 Å². The number of pyridine rings is 1. The molecule has 0 aliphatic rings. The molecule has 1 aromatic heterocycles. The molecule has 3 rings (SSSR count). The lowest BCUT2D eigenvalue weighted by Gasteiger charge is -2.13. The van der Waals surface area contributed by atoms with E-state index in [0.29, 0.717) is 33.0 Å². The van der Waals surface area contributed by atoms with Crippen LogP contribution in [-0.4, -0.2) is 37.3 Å². The molecule has 1 N–H and O–H groups in total. The lowest BCUT2D eigenvalue weighted by molar-refractivity contribution is -0.142. The van der Waals surface area contributed by atoms with Crippen LogP contribution < -0.4 is 20.3 Å². The summed E-state index contributed by atoms with van der Waals surface area (Å²) in [5, 5.41) is 4.01. The molecule has 1 amide bonds. The first kappa shape index (κ1) is 21.2. The van der Waals surface area contributed by atoms with Crippen LogP contribution in [-0.2, 0) is 20.9 Å². The fourth-order valence-corrected chi connectivity index (χ4v) is 3.03. The van der Waals surface area contributed by atoms with Crippen LogP contribution in [0, 0.1) is 0 Å². The third-order valence-corrected chi connectivity index (χ3v) is 4.54. The molecule has 9 heteroatoms. The summed E-state index contributed by atoms with van der Waals surface area (Å²) in [5.74, 6) is -0.134. The normalized spacial score (nSPS) is 10.5. The number of esters is 1. The monoisotopic (exact) mass is 430 g/mol. The molecule has 1 heterocycles. The van der Waals surface area contributed by atoms with E-state index in [1.807, 2.05) is 0 Å². The lowest BCUT2D eigenvalue weighted by atomic mass is 10.1. The van der Waals surface area contributed by atoms with Gasteiger partial charge in [0.1, 0.15) is 18.0 Å². The molecule has 0 bridgehead atoms. The molecule has 156 valence electrons. The quantitative estimate of drug-likeness (QED) is 0.579. The minimum absolute atomic E-state index is 0.211. The van der Waals surface area contributed by atoms with Crippen LogP contribution >= 0.6 is 11.6 Å². The number of nitrogens with zero attached hydrogens (tertiary/aromatic N) is 1. The molecule has 0 atom stereocenters. The highest BCUT2D eigenvalue weighted by Crippen LogP contribution is 2.27. The van der Waals surface area contributed by atoms with Crippen LogP contribution in [0.2, 0.25) is 5.02 Å². The molecule has 0 radical (unpaired) electrons. The number of amides is 1. The lowest BCUT2D eigenvalue weighted by Crippen LogP contribution is -2.27. The number of carbonyl (C=O) groups excluding carboxylic acids is 2. The molecule has 0 aliphatic carbocycles. The first-order valence-corrected chi connectivity index (χ1v) is 9.26. The van der Waals surface area contributed by atoms with Crippen molar-refractivity contribution in [1.29, 1.82) is 0 Å². The summed E-state index contributed by atoms with van der Waals surface area (Å²) in [5.41, 5.74) is 0.0339. The second-order valence-corrected chi connectivity index (χ2v) is 6.66. The molecule has 0 saturated heterocycles. The zero-order valence-corrected chi connectivity index (χ0v) is 17.1. The van der Waals surface area contributed by atoms with Crippen molar-refractivity contribution < 1.29 is 23.8 Å². The first-order chi connectivity index (χ1) is 14.4. The highest BCUT2D eigenvalue weighted by atomic mass is 35.5. The molecule has 8 nitrogen and oxygen atoms in total. The maximum Gasteiger partial charge on any atom is 0.343 e. The van der Waals surface area contributed by atoms with E-state index in [9.17, 15) is 14.4 Å². The number of benzene rings is 2. The molecular weight excluding hydrogens is 412 g/mol. The molecule has 0 spiro atoms. The number of methoxy groups -OCH3 is 2. The zero-order valence-electron chi connectivity index (χ0n) is 16.3. The maximum atomic E-state index is 12.8. The molecule has 0 unspecified atom stereocenters. The van der Waals surface area contributed by atoms with Crippen LogP contribution in [0.3, 0.4) is 0 Å². The molecule has 0 saturated carbocycles. The van der Waals surface area contributed by atoms with E-state index in [0.717, 1.165) is 0 Å². The number of hydrogen-bond donors (Lipinski definition) is 1. The van der Waals surface area contributed by atoms with E-state index in [1.165, 1.54) is 25.0 Å². The Morgan fingerprint density at radius 1 is 1.07 bits per heavy atom. The number of hydrogen-bond acceptors (Lipinski definition) is 6. The van der Waals surface area contributed by atoms with Crippen LogP contribution in [0.4, 0.5) is 5.69 Å². The van der Waals surface area contributed by atoms with Gasteiger partial charge in [0.2, 0.25) is 5.91 Å². The maximum absolute atomic E-state index is 12.8. The number of carbonyl (C=O) groups is 2. The van der Waals surface area contributed by atoms with Gasteiger partial charge in [0.25, 0.3) is 5.56 Å². The average Bonchev–Trinajstić information content (AvgIpc) is 2.74. The van der Waals surface area contributed by atoms with E-state index in [4.69, 9.17) is 21.1 Å². The summed E-state index contributed by atoms with van der Waals surface area (Å²) >= 11 is 5.97. The topological polar surface area (TPSA) is 95.9 Å². The third-order valence-electron chi connectivity index (χ3n) is 4.30. The van der Waals surface area contributed by atoms with Crippen LogP contribution in [0.1, 0.15) is 0 Å². The highest BCUT2D eigenvalue weighted by Gasteiger charge is 2.13. The average molecular weight is 431 g/mol. The van der Waals surface area contributed by atoms with Gasteiger partial charge < -0.3 is 24.1 Å². The van der Waals surface area contributed by atoms with Gasteiger partial charge in [-0.05, 0) is 36.4 Å². The minimum atomic E-state index is -0.534. The van der Waals surface area contributed by atoms with Gasteiger partial charge >= 0.3 is 5.97 Å². The molecular formula is C21H19ClN2O6. The largest absolute Gasteiger partial charge is 0.495 e. The minimum Gasteiger partial charge on any atom is -0.495 e. The van der Waals surface area contributed by atoms with Gasteiger partial charge in [-0.15, -0.1) is 0 Å². The molecule has 0 aliphatic heterocycles. The second-order valence-electron chi connectivity index (χ2n) is 6.22. The van der Waals surface area contributed by atoms with E-state index < -0.39 is 11.9 Å². The van der Waals surface area contributed by atoms with Gasteiger partial charge in [-0.3, -0.25) is 9.59 Å². The summed E-state index contributed by atoms with van der Waals surface area (Å²) in [6, 6.07) is 11.4. The van der Waals surface area contributed by atoms with Crippen molar-refractivity contribution in [2.75, 3.05) is 26.1 Å². The Kier molecular flexibility index (Phi) is 6.58. The standard InChI is InChI=1S/C21H19ClN2O6/c1-28-18-7-6-13(22)10-16(18)23-19(25)11-24-9-8-14-15(21(24)27)4-3-5-17(14)30-12-20(26)29-2/h3-10H,11-12H2,1-2H3,(H,23,25). The molecule has 30 heavy (non-hydrogen) atoms. The Balaban J connectivity index is 1.83. The summed E-state index contributed by atoms with van der Waals surface area (Å²) in [6.45, 7) is -0.486. The van der Waals surface area contributed by atoms with Crippen LogP contribution in [0.25, 0.3) is 10.8 Å². The van der Waals surface area contributed by atoms with Gasteiger partial charge in [-0.1, -0.05) is 17.7 Å². The van der Waals surface area contributed by atoms with Gasteiger partial charge in [0, 0.05) is 16.6 Å². The van der Waals surface area contributed by atoms with Crippen molar-refractivity contribution in [3.05, 3.63) is 64.0 Å². The van der Waals surface area contributed by atoms with Crippen LogP contribution in [0.15, 0.2) is 53.5 Å². The SMILES string of the molecule is COC(=O)COc1cccc2c(=O)n(CC(=O)Nc3cc(Cl)ccc3OC)ccc12. The Hall–Kier alpha value is -3.52. The molecule has 2 aromatic carbocycles. The number of ether oxygens (including phenoxy) is 3. The predicted octanol–water partition coefficient (Wildman–Crippen LogP) is 2.85. The van der Waals surface area contributed by atoms with Crippen molar-refractivity contribution in [3.63, 3.8) is 0 Å². The Morgan fingerprint density at radius 2 is 1.87 bits per heavy atom. The zero-order chi connectivity index (χ0) is 21.7. The highest BCUT2D eigenvalue weighted by molar-refractivity contribution is 6.31. The third kappa shape index (κ3) is 4.72. The van der Waals surface area contributed by atoms with Crippen molar-refractivity contribution in [2.45, 2.75) is 6.54 Å². The van der Waals surface area contributed by atoms with E-state index in [1.54, 1.807) is 42.5 Å². The van der Waals surface area contributed by atoms with Gasteiger partial charge in [-0.25, -0.2) is 4.79 Å². The summed E-state index contributed by atoms with van der Waals surface area (Å²) in [7, 11) is 2.74. The number of anilines is 1. The number of aromatic nitrogens is 1. The number of fused-ring (bicyclic) bond motifs is 1. The second kappa shape index (κ2) is 9.32. The van der Waals surface area contributed by atoms with E-state index >= 15 is 0 Å². The van der Waals surface area contributed by atoms with Crippen molar-refractivity contribution in [3.8, 4) is 11.5 Å². The van der Waals surface area contributed by atoms with Crippen molar-refractivity contribution in [1.82, 2.24) is 4.57 Å². The van der Waals surface area contributed by atoms with E-state index in [-0.39, 0.29) is 18.7 Å². The Morgan fingerprint density at radius 3 is 2.60 bits per heavy atom. The van der Waals surface area contributed by atoms with Gasteiger partial charge in [0.05, 0.1) is 25.3 Å². The number of nitrogens with one attached hydrogen (secondary N) is 1. The molecule has 0 fully saturated rings. The molecule has 3 aromatic rings. The fourth-order valence-electron chi connectivity index (χ4n) is 2.86. The van der Waals surface area contributed by atoms with E-state index in [2.05, 4.69) is 10.1 Å². The predicted molar refractivity (Wildman–Crippen MR) is 112 cm³/mol. The van der Waals surface area contributed by atoms with Crippen molar-refractivity contribution >= 4 is 39.9 Å². The first-order valence-electron chi connectivity index (χ1n) is 8.88. The van der Waals surface area contributed by atoms with Gasteiger partial charge in [0.15, 0.2) is 6.61 Å².